The Labute approximate surface area is 79.0 Å². The summed E-state index contributed by atoms with van der Waals surface area (Å²) >= 11 is 10.1. The van der Waals surface area contributed by atoms with Gasteiger partial charge in [0.2, 0.25) is 0 Å². The van der Waals surface area contributed by atoms with Gasteiger partial charge in [0.25, 0.3) is 0 Å². The molecule has 0 bridgehead atoms. The van der Waals surface area contributed by atoms with Crippen LogP contribution in [0.15, 0.2) is 18.2 Å². The molecule has 0 spiro atoms. The van der Waals surface area contributed by atoms with Gasteiger partial charge in [-0.2, -0.15) is 0 Å². The summed E-state index contributed by atoms with van der Waals surface area (Å²) in [6.07, 6.45) is 0. The van der Waals surface area contributed by atoms with Gasteiger partial charge < -0.3 is 0 Å². The fourth-order valence-corrected chi connectivity index (χ4v) is 2.12. The van der Waals surface area contributed by atoms with Gasteiger partial charge in [-0.25, -0.2) is 0 Å². The molecule has 0 aliphatic carbocycles. The first-order chi connectivity index (χ1) is 4.75. The van der Waals surface area contributed by atoms with Crippen molar-refractivity contribution in [3.8, 4) is 0 Å². The molecule has 0 fully saturated rings. The molecule has 0 unspecified atom stereocenters. The van der Waals surface area contributed by atoms with Crippen molar-refractivity contribution >= 4 is 44.4 Å². The Morgan fingerprint density at radius 3 is 2.00 bits per heavy atom. The van der Waals surface area contributed by atoms with Crippen LogP contribution >= 0.6 is 44.4 Å². The lowest BCUT2D eigenvalue weighted by atomic mass is 10.4. The quantitative estimate of drug-likeness (QED) is 0.571. The Morgan fingerprint density at radius 2 is 1.70 bits per heavy atom. The molecule has 1 aromatic carbocycles. The molecule has 1 rings (SSSR count). The summed E-state index contributed by atoms with van der Waals surface area (Å²) in [5.41, 5.74) is 0. The van der Waals surface area contributed by atoms with E-state index < -0.39 is 21.2 Å². The SMILES string of the molecule is O=Ic1c(Cl)cccc1Cl. The third kappa shape index (κ3) is 1.68. The zero-order valence-corrected chi connectivity index (χ0v) is 8.44. The molecule has 0 N–H and O–H groups in total. The molecule has 4 heteroatoms. The van der Waals surface area contributed by atoms with Crippen molar-refractivity contribution < 1.29 is 3.07 Å². The predicted octanol–water partition coefficient (Wildman–Crippen LogP) is 3.48. The average molecular weight is 289 g/mol. The minimum atomic E-state index is -1.25. The number of rotatable bonds is 1. The molecule has 0 saturated carbocycles. The van der Waals surface area contributed by atoms with E-state index >= 15 is 0 Å². The molecular weight excluding hydrogens is 286 g/mol. The van der Waals surface area contributed by atoms with Crippen molar-refractivity contribution in [2.24, 2.45) is 0 Å². The molecular formula is C6H3Cl2IO. The van der Waals surface area contributed by atoms with E-state index in [1.807, 2.05) is 0 Å². The van der Waals surface area contributed by atoms with Crippen LogP contribution in [0.4, 0.5) is 0 Å². The van der Waals surface area contributed by atoms with Gasteiger partial charge in [-0.05, 0) is 12.1 Å². The molecule has 0 saturated heterocycles. The van der Waals surface area contributed by atoms with Crippen LogP contribution in [0.25, 0.3) is 0 Å². The lowest BCUT2D eigenvalue weighted by Crippen LogP contribution is -1.74. The van der Waals surface area contributed by atoms with Crippen molar-refractivity contribution in [2.45, 2.75) is 0 Å². The predicted molar refractivity (Wildman–Crippen MR) is 49.9 cm³/mol. The standard InChI is InChI=1S/C6H3Cl2IO/c7-4-2-1-3-5(8)6(4)9-10/h1-3H. The van der Waals surface area contributed by atoms with E-state index in [9.17, 15) is 3.07 Å². The van der Waals surface area contributed by atoms with Gasteiger partial charge in [0.05, 0.1) is 13.6 Å². The van der Waals surface area contributed by atoms with E-state index in [-0.39, 0.29) is 0 Å². The van der Waals surface area contributed by atoms with Crippen molar-refractivity contribution in [3.63, 3.8) is 0 Å². The van der Waals surface area contributed by atoms with Crippen molar-refractivity contribution in [3.05, 3.63) is 31.8 Å². The summed E-state index contributed by atoms with van der Waals surface area (Å²) < 4.78 is 11.1. The summed E-state index contributed by atoms with van der Waals surface area (Å²) in [6.45, 7) is 0. The first kappa shape index (κ1) is 8.43. The molecule has 0 amide bonds. The van der Waals surface area contributed by atoms with Crippen LogP contribution in [0.2, 0.25) is 10.0 Å². The second kappa shape index (κ2) is 3.64. The maximum Gasteiger partial charge on any atom is 0.185 e. The van der Waals surface area contributed by atoms with Crippen LogP contribution in [0.3, 0.4) is 0 Å². The lowest BCUT2D eigenvalue weighted by Gasteiger charge is -1.94. The van der Waals surface area contributed by atoms with E-state index in [4.69, 9.17) is 23.2 Å². The van der Waals surface area contributed by atoms with Crippen molar-refractivity contribution in [2.75, 3.05) is 0 Å². The number of hydrogen-bond donors (Lipinski definition) is 0. The van der Waals surface area contributed by atoms with Crippen LogP contribution in [0.5, 0.6) is 0 Å². The zero-order chi connectivity index (χ0) is 7.56. The molecule has 0 aliphatic heterocycles. The molecule has 10 heavy (non-hydrogen) atoms. The molecule has 1 nitrogen and oxygen atoms in total. The first-order valence-electron chi connectivity index (χ1n) is 2.47. The van der Waals surface area contributed by atoms with Crippen LogP contribution in [0, 0.1) is 3.57 Å². The van der Waals surface area contributed by atoms with Gasteiger partial charge in [0, 0.05) is 0 Å². The first-order valence-corrected chi connectivity index (χ1v) is 5.18. The zero-order valence-electron chi connectivity index (χ0n) is 4.77. The summed E-state index contributed by atoms with van der Waals surface area (Å²) in [4.78, 5) is 0. The van der Waals surface area contributed by atoms with Gasteiger partial charge in [-0.3, -0.25) is 3.07 Å². The summed E-state index contributed by atoms with van der Waals surface area (Å²) in [5, 5.41) is 0.991. The minimum Gasteiger partial charge on any atom is -0.265 e. The maximum atomic E-state index is 10.5. The smallest absolute Gasteiger partial charge is 0.185 e. The third-order valence-corrected chi connectivity index (χ3v) is 3.85. The molecule has 0 radical (unpaired) electrons. The van der Waals surface area contributed by atoms with E-state index in [1.54, 1.807) is 18.2 Å². The highest BCUT2D eigenvalue weighted by molar-refractivity contribution is 14.1. The minimum absolute atomic E-state index is 0.496. The van der Waals surface area contributed by atoms with Crippen LogP contribution in [-0.4, -0.2) is 0 Å². The second-order valence-electron chi connectivity index (χ2n) is 1.61. The Balaban J connectivity index is 3.30. The third-order valence-electron chi connectivity index (χ3n) is 0.982. The molecule has 54 valence electrons. The molecule has 1 aromatic rings. The van der Waals surface area contributed by atoms with Gasteiger partial charge >= 0.3 is 0 Å². The number of hydrogen-bond acceptors (Lipinski definition) is 1. The van der Waals surface area contributed by atoms with Crippen molar-refractivity contribution in [1.82, 2.24) is 0 Å². The fraction of sp³-hybridized carbons (Fsp3) is 0. The van der Waals surface area contributed by atoms with Gasteiger partial charge in [-0.1, -0.05) is 29.3 Å². The summed E-state index contributed by atoms with van der Waals surface area (Å²) in [7, 11) is 0. The largest absolute Gasteiger partial charge is 0.265 e. The van der Waals surface area contributed by atoms with E-state index in [1.165, 1.54) is 0 Å². The van der Waals surface area contributed by atoms with Crippen LogP contribution in [0.1, 0.15) is 0 Å². The lowest BCUT2D eigenvalue weighted by molar-refractivity contribution is 0.648. The van der Waals surface area contributed by atoms with Crippen molar-refractivity contribution in [1.29, 1.82) is 0 Å². The van der Waals surface area contributed by atoms with E-state index in [0.29, 0.717) is 13.6 Å². The second-order valence-corrected chi connectivity index (χ2v) is 3.95. The Hall–Kier alpha value is 0.330. The topological polar surface area (TPSA) is 17.1 Å². The Morgan fingerprint density at radius 1 is 1.20 bits per heavy atom. The maximum absolute atomic E-state index is 10.5. The molecule has 0 aromatic heterocycles. The molecule has 0 atom stereocenters. The fourth-order valence-electron chi connectivity index (χ4n) is 0.551. The van der Waals surface area contributed by atoms with Crippen LogP contribution in [-0.2, 0) is 3.07 Å². The summed E-state index contributed by atoms with van der Waals surface area (Å²) in [6, 6.07) is 5.09. The van der Waals surface area contributed by atoms with E-state index in [2.05, 4.69) is 0 Å². The molecule has 0 heterocycles. The van der Waals surface area contributed by atoms with Crippen LogP contribution < -0.4 is 0 Å². The average Bonchev–Trinajstić information content (AvgIpc) is 1.88. The Bertz CT molecular complexity index is 242. The molecule has 0 aliphatic rings. The normalized spacial score (nSPS) is 9.80. The monoisotopic (exact) mass is 288 g/mol. The Kier molecular flexibility index (Phi) is 3.07. The highest BCUT2D eigenvalue weighted by Gasteiger charge is 2.02. The number of benzene rings is 1. The van der Waals surface area contributed by atoms with Gasteiger partial charge in [0.15, 0.2) is 21.2 Å². The van der Waals surface area contributed by atoms with E-state index in [0.717, 1.165) is 0 Å². The number of halogens is 3. The van der Waals surface area contributed by atoms with Gasteiger partial charge in [-0.15, -0.1) is 0 Å². The highest BCUT2D eigenvalue weighted by Crippen LogP contribution is 2.27. The highest BCUT2D eigenvalue weighted by atomic mass is 127. The van der Waals surface area contributed by atoms with Gasteiger partial charge in [0.1, 0.15) is 0 Å². The summed E-state index contributed by atoms with van der Waals surface area (Å²) in [5.74, 6) is 0.